The third-order valence-corrected chi connectivity index (χ3v) is 4.28. The zero-order chi connectivity index (χ0) is 14.1. The number of nitrogens with two attached hydrogens (primary N) is 1. The van der Waals surface area contributed by atoms with Crippen molar-refractivity contribution >= 4 is 11.5 Å². The van der Waals surface area contributed by atoms with Crippen molar-refractivity contribution in [2.24, 2.45) is 5.92 Å². The van der Waals surface area contributed by atoms with Gasteiger partial charge in [-0.3, -0.25) is 4.40 Å². The molecule has 0 radical (unpaired) electrons. The number of nitrogens with zero attached hydrogens (tertiary/aromatic N) is 4. The van der Waals surface area contributed by atoms with E-state index in [1.165, 1.54) is 19.4 Å². The second-order valence-corrected chi connectivity index (χ2v) is 6.06. The second-order valence-electron chi connectivity index (χ2n) is 6.06. The Morgan fingerprint density at radius 3 is 3.00 bits per heavy atom. The minimum Gasteiger partial charge on any atom is -0.385 e. The lowest BCUT2D eigenvalue weighted by Crippen LogP contribution is -2.40. The molecule has 2 aromatic rings. The van der Waals surface area contributed by atoms with Crippen LogP contribution in [0.4, 0.5) is 5.82 Å². The van der Waals surface area contributed by atoms with Gasteiger partial charge in [0.25, 0.3) is 0 Å². The van der Waals surface area contributed by atoms with Crippen molar-refractivity contribution in [3.8, 4) is 0 Å². The van der Waals surface area contributed by atoms with E-state index >= 15 is 0 Å². The molecule has 1 unspecified atom stereocenters. The van der Waals surface area contributed by atoms with Gasteiger partial charge in [0.15, 0.2) is 5.65 Å². The molecule has 20 heavy (non-hydrogen) atoms. The van der Waals surface area contributed by atoms with E-state index in [2.05, 4.69) is 28.9 Å². The van der Waals surface area contributed by atoms with E-state index in [0.717, 1.165) is 30.3 Å². The predicted molar refractivity (Wildman–Crippen MR) is 80.5 cm³/mol. The molecule has 0 saturated carbocycles. The molecule has 1 aliphatic rings. The fourth-order valence-corrected chi connectivity index (χ4v) is 3.15. The van der Waals surface area contributed by atoms with Gasteiger partial charge in [0.05, 0.1) is 0 Å². The average Bonchev–Trinajstić information content (AvgIpc) is 2.84. The fraction of sp³-hybridized carbons (Fsp3) is 0.600. The highest BCUT2D eigenvalue weighted by Gasteiger charge is 2.23. The molecule has 1 fully saturated rings. The predicted octanol–water partition coefficient (Wildman–Crippen LogP) is 1.97. The van der Waals surface area contributed by atoms with Gasteiger partial charge in [-0.1, -0.05) is 6.07 Å². The van der Waals surface area contributed by atoms with Gasteiger partial charge in [0.2, 0.25) is 0 Å². The van der Waals surface area contributed by atoms with E-state index < -0.39 is 0 Å². The van der Waals surface area contributed by atoms with Gasteiger partial charge in [0, 0.05) is 19.0 Å². The first kappa shape index (κ1) is 13.4. The highest BCUT2D eigenvalue weighted by atomic mass is 15.3. The smallest absolute Gasteiger partial charge is 0.162 e. The van der Waals surface area contributed by atoms with Gasteiger partial charge in [-0.2, -0.15) is 0 Å². The molecule has 5 heteroatoms. The standard InChI is InChI=1S/C15H23N5/c1-11(2)19-8-4-5-12(10-19)9-15-18-17-14-7-3-6-13(16)20(14)15/h3,6-7,11-12H,4-5,8-10,16H2,1-2H3. The average molecular weight is 273 g/mol. The van der Waals surface area contributed by atoms with Crippen molar-refractivity contribution < 1.29 is 0 Å². The Morgan fingerprint density at radius 1 is 1.35 bits per heavy atom. The molecule has 108 valence electrons. The first-order valence-corrected chi connectivity index (χ1v) is 7.47. The monoisotopic (exact) mass is 273 g/mol. The molecule has 1 aliphatic heterocycles. The van der Waals surface area contributed by atoms with Crippen molar-refractivity contribution in [1.82, 2.24) is 19.5 Å². The molecule has 5 nitrogen and oxygen atoms in total. The summed E-state index contributed by atoms with van der Waals surface area (Å²) >= 11 is 0. The Hall–Kier alpha value is -1.62. The van der Waals surface area contributed by atoms with Gasteiger partial charge in [-0.15, -0.1) is 10.2 Å². The molecule has 1 atom stereocenters. The number of likely N-dealkylation sites (tertiary alicyclic amines) is 1. The highest BCUT2D eigenvalue weighted by molar-refractivity contribution is 5.47. The van der Waals surface area contributed by atoms with Crippen molar-refractivity contribution in [1.29, 1.82) is 0 Å². The van der Waals surface area contributed by atoms with Gasteiger partial charge in [-0.05, 0) is 51.3 Å². The summed E-state index contributed by atoms with van der Waals surface area (Å²) < 4.78 is 1.98. The Labute approximate surface area is 119 Å². The Bertz CT molecular complexity index is 589. The summed E-state index contributed by atoms with van der Waals surface area (Å²) in [4.78, 5) is 2.56. The van der Waals surface area contributed by atoms with E-state index in [0.29, 0.717) is 12.0 Å². The highest BCUT2D eigenvalue weighted by Crippen LogP contribution is 2.22. The Kier molecular flexibility index (Phi) is 3.61. The van der Waals surface area contributed by atoms with Gasteiger partial charge in [-0.25, -0.2) is 0 Å². The van der Waals surface area contributed by atoms with E-state index in [-0.39, 0.29) is 0 Å². The maximum Gasteiger partial charge on any atom is 0.162 e. The first-order valence-electron chi connectivity index (χ1n) is 7.47. The third kappa shape index (κ3) is 2.50. The number of hydrogen-bond donors (Lipinski definition) is 1. The molecular weight excluding hydrogens is 250 g/mol. The Morgan fingerprint density at radius 2 is 2.20 bits per heavy atom. The van der Waals surface area contributed by atoms with Crippen LogP contribution in [0.25, 0.3) is 5.65 Å². The van der Waals surface area contributed by atoms with Crippen LogP contribution in [0.5, 0.6) is 0 Å². The van der Waals surface area contributed by atoms with Crippen LogP contribution in [0.1, 0.15) is 32.5 Å². The van der Waals surface area contributed by atoms with E-state index in [9.17, 15) is 0 Å². The molecule has 0 spiro atoms. The van der Waals surface area contributed by atoms with Gasteiger partial charge in [0.1, 0.15) is 11.6 Å². The fourth-order valence-electron chi connectivity index (χ4n) is 3.15. The number of anilines is 1. The molecule has 3 heterocycles. The van der Waals surface area contributed by atoms with Crippen LogP contribution in [0, 0.1) is 5.92 Å². The van der Waals surface area contributed by atoms with Crippen molar-refractivity contribution in [2.45, 2.75) is 39.2 Å². The van der Waals surface area contributed by atoms with Crippen LogP contribution >= 0.6 is 0 Å². The van der Waals surface area contributed by atoms with Crippen molar-refractivity contribution in [3.05, 3.63) is 24.0 Å². The molecule has 2 N–H and O–H groups in total. The zero-order valence-corrected chi connectivity index (χ0v) is 12.3. The van der Waals surface area contributed by atoms with Crippen LogP contribution in [-0.4, -0.2) is 38.6 Å². The number of rotatable bonds is 3. The van der Waals surface area contributed by atoms with Crippen LogP contribution in [-0.2, 0) is 6.42 Å². The lowest BCUT2D eigenvalue weighted by atomic mass is 9.93. The van der Waals surface area contributed by atoms with Crippen molar-refractivity contribution in [2.75, 3.05) is 18.8 Å². The molecule has 0 amide bonds. The van der Waals surface area contributed by atoms with Gasteiger partial charge >= 0.3 is 0 Å². The molecule has 0 aliphatic carbocycles. The SMILES string of the molecule is CC(C)N1CCCC(Cc2nnc3cccc(N)n23)C1. The second kappa shape index (κ2) is 5.40. The third-order valence-electron chi connectivity index (χ3n) is 4.28. The number of piperidine rings is 1. The molecule has 0 aromatic carbocycles. The summed E-state index contributed by atoms with van der Waals surface area (Å²) in [6, 6.07) is 6.40. The minimum atomic E-state index is 0.623. The minimum absolute atomic E-state index is 0.623. The van der Waals surface area contributed by atoms with Crippen LogP contribution < -0.4 is 5.73 Å². The molecule has 1 saturated heterocycles. The number of nitrogen functional groups attached to an aromatic ring is 1. The molecule has 0 bridgehead atoms. The van der Waals surface area contributed by atoms with E-state index in [1.54, 1.807) is 0 Å². The summed E-state index contributed by atoms with van der Waals surface area (Å²) in [6.45, 7) is 6.91. The topological polar surface area (TPSA) is 59.5 Å². The van der Waals surface area contributed by atoms with Crippen molar-refractivity contribution in [3.63, 3.8) is 0 Å². The van der Waals surface area contributed by atoms with Crippen LogP contribution in [0.3, 0.4) is 0 Å². The normalized spacial score (nSPS) is 20.9. The maximum absolute atomic E-state index is 6.05. The summed E-state index contributed by atoms with van der Waals surface area (Å²) in [6.07, 6.45) is 3.50. The number of aromatic nitrogens is 3. The first-order chi connectivity index (χ1) is 9.65. The van der Waals surface area contributed by atoms with E-state index in [1.807, 2.05) is 22.6 Å². The molecule has 3 rings (SSSR count). The maximum atomic E-state index is 6.05. The summed E-state index contributed by atoms with van der Waals surface area (Å²) in [5, 5.41) is 8.55. The molecule has 2 aromatic heterocycles. The summed E-state index contributed by atoms with van der Waals surface area (Å²) in [5.74, 6) is 2.37. The lowest BCUT2D eigenvalue weighted by molar-refractivity contribution is 0.138. The summed E-state index contributed by atoms with van der Waals surface area (Å²) in [7, 11) is 0. The quantitative estimate of drug-likeness (QED) is 0.929. The Balaban J connectivity index is 1.79. The number of fused-ring (bicyclic) bond motifs is 1. The zero-order valence-electron chi connectivity index (χ0n) is 12.3. The summed E-state index contributed by atoms with van der Waals surface area (Å²) in [5.41, 5.74) is 6.90. The van der Waals surface area contributed by atoms with Gasteiger partial charge < -0.3 is 10.6 Å². The number of hydrogen-bond acceptors (Lipinski definition) is 4. The van der Waals surface area contributed by atoms with Crippen LogP contribution in [0.15, 0.2) is 18.2 Å². The number of pyridine rings is 1. The molecular formula is C15H23N5. The van der Waals surface area contributed by atoms with Crippen LogP contribution in [0.2, 0.25) is 0 Å². The van der Waals surface area contributed by atoms with E-state index in [4.69, 9.17) is 5.73 Å². The lowest BCUT2D eigenvalue weighted by Gasteiger charge is -2.35. The largest absolute Gasteiger partial charge is 0.385 e.